The lowest BCUT2D eigenvalue weighted by Crippen LogP contribution is -2.28. The van der Waals surface area contributed by atoms with Crippen LogP contribution in [0.4, 0.5) is 11.6 Å². The Morgan fingerprint density at radius 1 is 1.16 bits per heavy atom. The maximum absolute atomic E-state index is 13.4. The predicted octanol–water partition coefficient (Wildman–Crippen LogP) is 3.88. The zero-order chi connectivity index (χ0) is 26.4. The fourth-order valence-corrected chi connectivity index (χ4v) is 7.16. The van der Waals surface area contributed by atoms with E-state index in [1.807, 2.05) is 4.57 Å². The molecule has 3 aromatic rings. The molecule has 3 aliphatic carbocycles. The number of benzene rings is 1. The quantitative estimate of drug-likeness (QED) is 0.391. The Labute approximate surface area is 226 Å². The summed E-state index contributed by atoms with van der Waals surface area (Å²) in [6.07, 6.45) is 9.75. The summed E-state index contributed by atoms with van der Waals surface area (Å²) in [5.41, 5.74) is 2.35. The molecule has 2 aromatic heterocycles. The number of aryl methyl sites for hydroxylation is 1. The molecule has 1 amide bonds. The van der Waals surface area contributed by atoms with E-state index < -0.39 is 9.84 Å². The summed E-state index contributed by atoms with van der Waals surface area (Å²) in [6, 6.07) is 6.64. The number of nitrogens with one attached hydrogen (secondary N) is 2. The monoisotopic (exact) mass is 553 g/mol. The highest BCUT2D eigenvalue weighted by molar-refractivity contribution is 7.90. The second-order valence-electron chi connectivity index (χ2n) is 10.8. The minimum Gasteiger partial charge on any atom is -0.352 e. The van der Waals surface area contributed by atoms with Crippen molar-refractivity contribution in [1.82, 2.24) is 20.1 Å². The van der Waals surface area contributed by atoms with E-state index in [0.29, 0.717) is 42.5 Å². The maximum atomic E-state index is 13.4. The van der Waals surface area contributed by atoms with E-state index in [9.17, 15) is 18.0 Å². The van der Waals surface area contributed by atoms with Gasteiger partial charge < -0.3 is 10.6 Å². The number of Topliss-reactive ketones (excluding diaryl/α,β-unsaturated/α-hetero) is 1. The number of rotatable bonds is 10. The second kappa shape index (κ2) is 9.92. The molecular formula is C27H31N5O4S2. The number of carbonyl (C=O) groups excluding carboxylic acids is 2. The molecule has 11 heteroatoms. The summed E-state index contributed by atoms with van der Waals surface area (Å²) < 4.78 is 25.9. The van der Waals surface area contributed by atoms with Gasteiger partial charge in [-0.05, 0) is 74.6 Å². The molecule has 1 atom stereocenters. The van der Waals surface area contributed by atoms with Crippen molar-refractivity contribution in [3.8, 4) is 0 Å². The number of sulfone groups is 1. The van der Waals surface area contributed by atoms with Crippen molar-refractivity contribution in [3.63, 3.8) is 0 Å². The number of nitrogens with zero attached hydrogens (tertiary/aromatic N) is 3. The van der Waals surface area contributed by atoms with E-state index in [2.05, 4.69) is 20.8 Å². The van der Waals surface area contributed by atoms with Gasteiger partial charge in [0.2, 0.25) is 5.95 Å². The molecule has 1 aromatic carbocycles. The zero-order valence-corrected chi connectivity index (χ0v) is 22.9. The lowest BCUT2D eigenvalue weighted by molar-refractivity contribution is -0.119. The Kier molecular flexibility index (Phi) is 6.59. The average Bonchev–Trinajstić information content (AvgIpc) is 3.81. The summed E-state index contributed by atoms with van der Waals surface area (Å²) in [5, 5.41) is 14.7. The van der Waals surface area contributed by atoms with Crippen LogP contribution in [0.15, 0.2) is 35.5 Å². The first kappa shape index (κ1) is 25.2. The van der Waals surface area contributed by atoms with Gasteiger partial charge in [0.25, 0.3) is 5.91 Å². The van der Waals surface area contributed by atoms with Gasteiger partial charge in [0, 0.05) is 46.6 Å². The third-order valence-corrected chi connectivity index (χ3v) is 10.0. The summed E-state index contributed by atoms with van der Waals surface area (Å²) in [5.74, 6) is 1.44. The van der Waals surface area contributed by atoms with Gasteiger partial charge in [-0.25, -0.2) is 8.42 Å². The Balaban J connectivity index is 1.26. The predicted molar refractivity (Wildman–Crippen MR) is 145 cm³/mol. The molecule has 0 spiro atoms. The number of carbonyl (C=O) groups is 2. The normalized spacial score (nSPS) is 19.1. The topological polar surface area (TPSA) is 123 Å². The van der Waals surface area contributed by atoms with E-state index in [4.69, 9.17) is 0 Å². The largest absolute Gasteiger partial charge is 0.352 e. The van der Waals surface area contributed by atoms with E-state index in [1.54, 1.807) is 41.9 Å². The fourth-order valence-electron chi connectivity index (χ4n) is 5.14. The van der Waals surface area contributed by atoms with Crippen molar-refractivity contribution in [1.29, 1.82) is 0 Å². The van der Waals surface area contributed by atoms with Crippen LogP contribution in [0.3, 0.4) is 0 Å². The maximum Gasteiger partial charge on any atom is 0.252 e. The zero-order valence-electron chi connectivity index (χ0n) is 21.3. The number of hydrogen-bond acceptors (Lipinski definition) is 8. The van der Waals surface area contributed by atoms with Crippen molar-refractivity contribution in [2.45, 2.75) is 62.3 Å². The number of fused-ring (bicyclic) bond motifs is 1. The van der Waals surface area contributed by atoms with Gasteiger partial charge in [-0.15, -0.1) is 21.5 Å². The number of aromatic nitrogens is 3. The Morgan fingerprint density at radius 3 is 2.71 bits per heavy atom. The van der Waals surface area contributed by atoms with Gasteiger partial charge in [-0.3, -0.25) is 14.2 Å². The Morgan fingerprint density at radius 2 is 1.97 bits per heavy atom. The molecule has 2 N–H and O–H groups in total. The van der Waals surface area contributed by atoms with Crippen LogP contribution in [0, 0.1) is 11.8 Å². The van der Waals surface area contributed by atoms with Crippen LogP contribution < -0.4 is 10.6 Å². The van der Waals surface area contributed by atoms with Crippen molar-refractivity contribution in [2.24, 2.45) is 11.8 Å². The van der Waals surface area contributed by atoms with Crippen LogP contribution in [-0.4, -0.2) is 47.7 Å². The second-order valence-corrected chi connectivity index (χ2v) is 14.0. The number of thiophene rings is 1. The van der Waals surface area contributed by atoms with Crippen molar-refractivity contribution >= 4 is 44.5 Å². The van der Waals surface area contributed by atoms with Crippen LogP contribution in [0.1, 0.15) is 63.8 Å². The van der Waals surface area contributed by atoms with Gasteiger partial charge in [0.15, 0.2) is 9.84 Å². The molecule has 2 saturated carbocycles. The smallest absolute Gasteiger partial charge is 0.252 e. The van der Waals surface area contributed by atoms with E-state index in [-0.39, 0.29) is 28.5 Å². The molecule has 0 aliphatic heterocycles. The molecule has 3 aliphatic rings. The third-order valence-electron chi connectivity index (χ3n) is 7.64. The molecule has 38 heavy (non-hydrogen) atoms. The van der Waals surface area contributed by atoms with E-state index >= 15 is 0 Å². The number of hydrogen-bond donors (Lipinski definition) is 2. The lowest BCUT2D eigenvalue weighted by atomic mass is 9.90. The molecule has 6 rings (SSSR count). The first-order valence-corrected chi connectivity index (χ1v) is 15.9. The van der Waals surface area contributed by atoms with Gasteiger partial charge in [0.05, 0.1) is 10.5 Å². The lowest BCUT2D eigenvalue weighted by Gasteiger charge is -2.25. The van der Waals surface area contributed by atoms with Crippen LogP contribution in [0.25, 0.3) is 0 Å². The highest BCUT2D eigenvalue weighted by Crippen LogP contribution is 2.41. The van der Waals surface area contributed by atoms with Gasteiger partial charge in [-0.2, -0.15) is 0 Å². The minimum absolute atomic E-state index is 0.0228. The van der Waals surface area contributed by atoms with Crippen molar-refractivity contribution in [2.75, 3.05) is 18.1 Å². The average molecular weight is 554 g/mol. The molecule has 9 nitrogen and oxygen atoms in total. The summed E-state index contributed by atoms with van der Waals surface area (Å²) in [4.78, 5) is 28.4. The van der Waals surface area contributed by atoms with Crippen LogP contribution in [0.2, 0.25) is 0 Å². The van der Waals surface area contributed by atoms with Gasteiger partial charge in [-0.1, -0.05) is 6.07 Å². The first-order chi connectivity index (χ1) is 18.3. The molecule has 0 radical (unpaired) electrons. The van der Waals surface area contributed by atoms with Crippen molar-refractivity contribution < 1.29 is 18.0 Å². The Hall–Kier alpha value is -3.05. The van der Waals surface area contributed by atoms with Crippen LogP contribution in [-0.2, 0) is 33.9 Å². The Bertz CT molecular complexity index is 1500. The third kappa shape index (κ3) is 5.40. The molecule has 2 fully saturated rings. The highest BCUT2D eigenvalue weighted by Gasteiger charge is 2.35. The highest BCUT2D eigenvalue weighted by atomic mass is 32.2. The number of ketones is 1. The van der Waals surface area contributed by atoms with Crippen LogP contribution in [0.5, 0.6) is 0 Å². The molecule has 2 heterocycles. The van der Waals surface area contributed by atoms with E-state index in [0.717, 1.165) is 49.0 Å². The number of anilines is 2. The fraction of sp³-hybridized carbons (Fsp3) is 0.481. The van der Waals surface area contributed by atoms with Crippen molar-refractivity contribution in [3.05, 3.63) is 51.5 Å². The minimum atomic E-state index is -3.34. The molecule has 0 unspecified atom stereocenters. The van der Waals surface area contributed by atoms with Gasteiger partial charge >= 0.3 is 0 Å². The van der Waals surface area contributed by atoms with E-state index in [1.165, 1.54) is 11.1 Å². The molecule has 200 valence electrons. The summed E-state index contributed by atoms with van der Waals surface area (Å²) >= 11 is 1.63. The van der Waals surface area contributed by atoms with Gasteiger partial charge in [0.1, 0.15) is 12.1 Å². The first-order valence-electron chi connectivity index (χ1n) is 13.2. The molecule has 0 bridgehead atoms. The van der Waals surface area contributed by atoms with Crippen LogP contribution >= 0.6 is 11.3 Å². The molecule has 0 saturated heterocycles. The summed E-state index contributed by atoms with van der Waals surface area (Å²) in [7, 11) is -3.34. The SMILES string of the molecule is CS(=O)(=O)c1cccc(Nc2nncn2[C@H]2CCc3sc(CC(=O)C4CC4)c(C(=O)NCC4CC4)c3C2)c1. The molecular weight excluding hydrogens is 522 g/mol. The number of amides is 1. The summed E-state index contributed by atoms with van der Waals surface area (Å²) in [6.45, 7) is 0.689. The standard InChI is InChI=1S/C27H31N5O4S2/c1-38(35,36)20-4-2-3-18(11-20)30-27-31-29-15-32(27)19-9-10-23-21(12-19)25(26(34)28-14-16-5-6-16)24(37-23)13-22(33)17-7-8-17/h2-4,11,15-17,19H,5-10,12-14H2,1H3,(H,28,34)(H,30,31)/t19-/m0/s1.